The fraction of sp³-hybridized carbons (Fsp3) is 0.455. The first kappa shape index (κ1) is 35.2. The molecule has 0 aliphatic carbocycles. The van der Waals surface area contributed by atoms with E-state index >= 15 is 8.78 Å². The van der Waals surface area contributed by atoms with Crippen molar-refractivity contribution < 1.29 is 46.4 Å². The normalized spacial score (nSPS) is 22.2. The number of aliphatic hydroxyl groups is 1. The number of nitriles is 1. The molecule has 18 heteroatoms. The van der Waals surface area contributed by atoms with Crippen LogP contribution in [0.3, 0.4) is 0 Å². The fourth-order valence-corrected chi connectivity index (χ4v) is 8.93. The lowest BCUT2D eigenvalue weighted by Gasteiger charge is -2.33. The van der Waals surface area contributed by atoms with Gasteiger partial charge >= 0.3 is 12.1 Å². The highest BCUT2D eigenvalue weighted by atomic mass is 35.5. The van der Waals surface area contributed by atoms with E-state index in [0.29, 0.717) is 24.3 Å². The first-order chi connectivity index (χ1) is 24.3. The highest BCUT2D eigenvalue weighted by Gasteiger charge is 2.49. The summed E-state index contributed by atoms with van der Waals surface area (Å²) in [5, 5.41) is 31.5. The van der Waals surface area contributed by atoms with Crippen LogP contribution < -0.4 is 19.7 Å². The largest absolute Gasteiger partial charge is 0.489 e. The number of fused-ring (bicyclic) bond motifs is 2. The van der Waals surface area contributed by atoms with Gasteiger partial charge in [0.15, 0.2) is 11.6 Å². The maximum atomic E-state index is 17.2. The van der Waals surface area contributed by atoms with E-state index in [-0.39, 0.29) is 92.5 Å². The number of hydrogen-bond donors (Lipinski definition) is 3. The Labute approximate surface area is 296 Å². The van der Waals surface area contributed by atoms with E-state index in [1.807, 2.05) is 11.0 Å². The van der Waals surface area contributed by atoms with E-state index in [9.17, 15) is 33.4 Å². The lowest BCUT2D eigenvalue weighted by molar-refractivity contribution is 0.107. The summed E-state index contributed by atoms with van der Waals surface area (Å²) >= 11 is 7.56. The Kier molecular flexibility index (Phi) is 9.23. The van der Waals surface area contributed by atoms with Gasteiger partial charge in [0, 0.05) is 36.9 Å². The molecule has 2 fully saturated rings. The molecule has 7 rings (SSSR count). The molecule has 3 N–H and O–H groups in total. The number of ether oxygens (including phenoxy) is 2. The zero-order valence-electron chi connectivity index (χ0n) is 26.9. The molecule has 4 aromatic rings. The maximum absolute atomic E-state index is 17.2. The third-order valence-corrected chi connectivity index (χ3v) is 11.3. The molecular weight excluding hydrogens is 723 g/mol. The number of halogens is 6. The van der Waals surface area contributed by atoms with E-state index in [1.54, 1.807) is 0 Å². The van der Waals surface area contributed by atoms with Crippen molar-refractivity contribution in [2.45, 2.75) is 62.9 Å². The van der Waals surface area contributed by atoms with Crippen LogP contribution in [0.5, 0.6) is 11.8 Å². The average Bonchev–Trinajstić information content (AvgIpc) is 3.69. The molecule has 2 aromatic heterocycles. The summed E-state index contributed by atoms with van der Waals surface area (Å²) < 4.78 is 86.2. The number of rotatable bonds is 9. The number of nitrogens with one attached hydrogen (secondary N) is 1. The monoisotopic (exact) mass is 752 g/mol. The van der Waals surface area contributed by atoms with Crippen LogP contribution in [0.15, 0.2) is 12.1 Å². The molecule has 2 saturated heterocycles. The number of benzene rings is 2. The van der Waals surface area contributed by atoms with Crippen LogP contribution in [0.4, 0.5) is 37.6 Å². The molecule has 0 radical (unpaired) electrons. The molecule has 1 amide bonds. The predicted molar refractivity (Wildman–Crippen MR) is 179 cm³/mol. The maximum Gasteiger partial charge on any atom is 0.409 e. The van der Waals surface area contributed by atoms with Gasteiger partial charge in [-0.15, -0.1) is 11.3 Å². The van der Waals surface area contributed by atoms with Gasteiger partial charge in [-0.1, -0.05) is 17.7 Å². The molecule has 11 nitrogen and oxygen atoms in total. The van der Waals surface area contributed by atoms with Crippen LogP contribution in [-0.2, 0) is 0 Å². The number of carboxylic acid groups (broad SMARTS) is 1. The van der Waals surface area contributed by atoms with Gasteiger partial charge in [-0.05, 0) is 37.9 Å². The fourth-order valence-electron chi connectivity index (χ4n) is 7.52. The Morgan fingerprint density at radius 3 is 2.80 bits per heavy atom. The van der Waals surface area contributed by atoms with Gasteiger partial charge in [0.1, 0.15) is 47.6 Å². The van der Waals surface area contributed by atoms with Crippen molar-refractivity contribution in [3.05, 3.63) is 34.4 Å². The number of nitrogens with zero attached hydrogens (tertiary/aromatic N) is 5. The van der Waals surface area contributed by atoms with Crippen LogP contribution in [0.2, 0.25) is 5.02 Å². The minimum absolute atomic E-state index is 0.0426. The molecule has 0 saturated carbocycles. The van der Waals surface area contributed by atoms with E-state index in [4.69, 9.17) is 21.1 Å². The highest BCUT2D eigenvalue weighted by molar-refractivity contribution is 7.23. The molecule has 2 aromatic carbocycles. The van der Waals surface area contributed by atoms with Crippen LogP contribution in [0.1, 0.15) is 38.2 Å². The second kappa shape index (κ2) is 13.4. The summed E-state index contributed by atoms with van der Waals surface area (Å²) in [6.45, 7) is 1.66. The second-order valence-electron chi connectivity index (χ2n) is 12.9. The number of hydrogen-bond acceptors (Lipinski definition) is 10. The van der Waals surface area contributed by atoms with Gasteiger partial charge in [0.25, 0.3) is 0 Å². The van der Waals surface area contributed by atoms with Crippen molar-refractivity contribution in [1.82, 2.24) is 14.9 Å². The minimum Gasteiger partial charge on any atom is -0.489 e. The summed E-state index contributed by atoms with van der Waals surface area (Å²) in [4.78, 5) is 23.8. The Hall–Kier alpha value is -4.24. The van der Waals surface area contributed by atoms with E-state index in [0.717, 1.165) is 12.5 Å². The quantitative estimate of drug-likeness (QED) is 0.154. The standard InChI is InChI=1S/C33H30ClF5N6O5S/c1-14(46)19-12-49-27-23-26(25(39)22(24(27)34)16-3-4-18(36)28-21(16)17(10-40)30(51-28)43-32(47)48)41-31(42-29(23)45(19)8-5-20(37)38)50-13-33-6-2-7-44(33)11-15(35)9-33/h3-4,14-15,19-20,43,46H,2,5-9,11-13H2,1H3,(H,47,48)/t14-,15-,19-,33+/m1/s1. The first-order valence-corrected chi connectivity index (χ1v) is 17.3. The number of amides is 1. The van der Waals surface area contributed by atoms with Crippen molar-refractivity contribution in [1.29, 1.82) is 5.26 Å². The van der Waals surface area contributed by atoms with Crippen LogP contribution in [0.25, 0.3) is 32.1 Å². The van der Waals surface area contributed by atoms with Crippen molar-refractivity contribution >= 4 is 60.8 Å². The minimum atomic E-state index is -2.73. The van der Waals surface area contributed by atoms with Gasteiger partial charge in [-0.3, -0.25) is 10.2 Å². The summed E-state index contributed by atoms with van der Waals surface area (Å²) in [5.74, 6) is -2.15. The summed E-state index contributed by atoms with van der Waals surface area (Å²) in [6, 6.07) is 2.74. The summed E-state index contributed by atoms with van der Waals surface area (Å²) in [7, 11) is 0. The Balaban J connectivity index is 1.47. The van der Waals surface area contributed by atoms with Gasteiger partial charge in [-0.25, -0.2) is 26.7 Å². The van der Waals surface area contributed by atoms with Gasteiger partial charge in [-0.2, -0.15) is 15.2 Å². The highest BCUT2D eigenvalue weighted by Crippen LogP contribution is 2.51. The van der Waals surface area contributed by atoms with E-state index < -0.39 is 59.9 Å². The molecule has 5 heterocycles. The molecule has 3 aliphatic heterocycles. The average molecular weight is 753 g/mol. The Bertz CT molecular complexity index is 2100. The van der Waals surface area contributed by atoms with E-state index in [2.05, 4.69) is 15.3 Å². The number of anilines is 2. The van der Waals surface area contributed by atoms with Gasteiger partial charge in [0.2, 0.25) is 6.43 Å². The molecule has 4 atom stereocenters. The van der Waals surface area contributed by atoms with Crippen LogP contribution in [0, 0.1) is 23.0 Å². The lowest BCUT2D eigenvalue weighted by Crippen LogP contribution is -2.47. The smallest absolute Gasteiger partial charge is 0.409 e. The number of aliphatic hydroxyl groups excluding tert-OH is 1. The summed E-state index contributed by atoms with van der Waals surface area (Å²) in [6.07, 6.45) is -5.44. The molecule has 51 heavy (non-hydrogen) atoms. The first-order valence-electron chi connectivity index (χ1n) is 16.1. The molecule has 0 spiro atoms. The van der Waals surface area contributed by atoms with Crippen molar-refractivity contribution in [3.8, 4) is 29.0 Å². The zero-order chi connectivity index (χ0) is 36.4. The third kappa shape index (κ3) is 6.01. The van der Waals surface area contributed by atoms with Crippen LogP contribution >= 0.6 is 22.9 Å². The number of thiophene rings is 1. The van der Waals surface area contributed by atoms with Crippen molar-refractivity contribution in [3.63, 3.8) is 0 Å². The zero-order valence-corrected chi connectivity index (χ0v) is 28.4. The predicted octanol–water partition coefficient (Wildman–Crippen LogP) is 6.96. The third-order valence-electron chi connectivity index (χ3n) is 9.78. The van der Waals surface area contributed by atoms with Crippen LogP contribution in [-0.4, -0.2) is 94.3 Å². The van der Waals surface area contributed by atoms with Gasteiger partial charge in [0.05, 0.1) is 38.4 Å². The SMILES string of the molecule is C[C@@H](O)[C@H]1COc2c(Cl)c(-c3ccc(F)c4sc(NC(=O)O)c(C#N)c34)c(F)c3nc(OC[C@@]45CCCN4C[C@H](F)C5)nc(c23)N1CCC(F)F. The Morgan fingerprint density at radius 1 is 1.31 bits per heavy atom. The van der Waals surface area contributed by atoms with Crippen molar-refractivity contribution in [2.75, 3.05) is 43.1 Å². The number of aromatic nitrogens is 2. The second-order valence-corrected chi connectivity index (χ2v) is 14.3. The molecule has 0 unspecified atom stereocenters. The van der Waals surface area contributed by atoms with E-state index in [1.165, 1.54) is 17.9 Å². The summed E-state index contributed by atoms with van der Waals surface area (Å²) in [5.41, 5.74) is -1.80. The van der Waals surface area contributed by atoms with Crippen molar-refractivity contribution in [2.24, 2.45) is 0 Å². The molecule has 270 valence electrons. The van der Waals surface area contributed by atoms with Gasteiger partial charge < -0.3 is 24.6 Å². The number of alkyl halides is 3. The molecule has 3 aliphatic rings. The molecular formula is C33H30ClF5N6O5S. The molecule has 0 bridgehead atoms. The Morgan fingerprint density at radius 2 is 2.10 bits per heavy atom. The topological polar surface area (TPSA) is 144 Å². The number of carbonyl (C=O) groups is 1. The lowest BCUT2D eigenvalue weighted by atomic mass is 9.95.